The van der Waals surface area contributed by atoms with Crippen LogP contribution < -0.4 is 0 Å². The Morgan fingerprint density at radius 1 is 0.871 bits per heavy atom. The number of hydrogen-bond acceptors (Lipinski definition) is 3. The lowest BCUT2D eigenvalue weighted by Gasteiger charge is -2.52. The molecule has 2 aromatic rings. The van der Waals surface area contributed by atoms with E-state index in [1.165, 1.54) is 38.3 Å². The van der Waals surface area contributed by atoms with E-state index in [0.29, 0.717) is 5.75 Å². The molecule has 3 heteroatoms. The molecule has 0 unspecified atom stereocenters. The summed E-state index contributed by atoms with van der Waals surface area (Å²) in [6.45, 7) is 11.7. The maximum Gasteiger partial charge on any atom is 0.123 e. The lowest BCUT2D eigenvalue weighted by Crippen LogP contribution is -2.44. The van der Waals surface area contributed by atoms with Gasteiger partial charge in [0.2, 0.25) is 0 Å². The summed E-state index contributed by atoms with van der Waals surface area (Å²) >= 11 is 3.79. The number of benzene rings is 2. The van der Waals surface area contributed by atoms with Crippen molar-refractivity contribution >= 4 is 40.4 Å². The highest BCUT2D eigenvalue weighted by molar-refractivity contribution is 8.18. The van der Waals surface area contributed by atoms with Crippen LogP contribution >= 0.6 is 23.5 Å². The van der Waals surface area contributed by atoms with Gasteiger partial charge in [0.25, 0.3) is 0 Å². The molecule has 0 amide bonds. The van der Waals surface area contributed by atoms with Gasteiger partial charge in [-0.2, -0.15) is 0 Å². The Kier molecular flexibility index (Phi) is 4.95. The molecule has 0 saturated heterocycles. The van der Waals surface area contributed by atoms with Crippen molar-refractivity contribution < 1.29 is 5.11 Å². The lowest BCUT2D eigenvalue weighted by molar-refractivity contribution is 0.0639. The molecule has 1 fully saturated rings. The molecule has 1 spiro atoms. The maximum absolute atomic E-state index is 11.2. The van der Waals surface area contributed by atoms with Crippen molar-refractivity contribution in [3.05, 3.63) is 59.2 Å². The Morgan fingerprint density at radius 2 is 1.52 bits per heavy atom. The molecule has 1 heterocycles. The standard InChI is InChI=1S/C28H32OS2/c1-6-7-8-9-18-10-20-19-11-24-25(31-17-30-24)12-21(19)23(29)13-22(20)28(18)15-26(2,3)14-27(4,5)16-28/h6-13,29H,14-17H2,1-5H3/b7-6-,9-8-. The molecule has 1 N–H and O–H groups in total. The fraction of sp³-hybridized carbons (Fsp3) is 0.429. The minimum Gasteiger partial charge on any atom is -0.507 e. The Hall–Kier alpha value is -1.58. The number of aromatic hydroxyl groups is 1. The summed E-state index contributed by atoms with van der Waals surface area (Å²) in [5.41, 5.74) is 4.48. The molecule has 0 aromatic heterocycles. The number of phenols is 1. The van der Waals surface area contributed by atoms with E-state index in [9.17, 15) is 5.11 Å². The smallest absolute Gasteiger partial charge is 0.123 e. The lowest BCUT2D eigenvalue weighted by atomic mass is 9.52. The largest absolute Gasteiger partial charge is 0.507 e. The summed E-state index contributed by atoms with van der Waals surface area (Å²) < 4.78 is 0. The second kappa shape index (κ2) is 7.22. The fourth-order valence-electron chi connectivity index (χ4n) is 6.80. The highest BCUT2D eigenvalue weighted by Gasteiger charge is 2.52. The van der Waals surface area contributed by atoms with Crippen LogP contribution in [0, 0.1) is 10.8 Å². The predicted octanol–water partition coefficient (Wildman–Crippen LogP) is 8.70. The average molecular weight is 449 g/mol. The normalized spacial score (nSPS) is 23.1. The van der Waals surface area contributed by atoms with Crippen LogP contribution in [0.4, 0.5) is 0 Å². The molecule has 5 rings (SSSR count). The van der Waals surface area contributed by atoms with Gasteiger partial charge < -0.3 is 5.11 Å². The first kappa shape index (κ1) is 21.3. The second-order valence-electron chi connectivity index (χ2n) is 11.0. The van der Waals surface area contributed by atoms with Crippen LogP contribution in [0.15, 0.2) is 57.9 Å². The molecule has 2 aromatic carbocycles. The summed E-state index contributed by atoms with van der Waals surface area (Å²) in [4.78, 5) is 2.66. The van der Waals surface area contributed by atoms with Crippen LogP contribution in [0.5, 0.6) is 5.75 Å². The molecule has 0 radical (unpaired) electrons. The van der Waals surface area contributed by atoms with Gasteiger partial charge in [-0.3, -0.25) is 0 Å². The molecule has 1 saturated carbocycles. The van der Waals surface area contributed by atoms with Gasteiger partial charge in [-0.15, -0.1) is 23.5 Å². The summed E-state index contributed by atoms with van der Waals surface area (Å²) in [7, 11) is 0. The van der Waals surface area contributed by atoms with E-state index < -0.39 is 0 Å². The van der Waals surface area contributed by atoms with Crippen molar-refractivity contribution in [1.82, 2.24) is 0 Å². The van der Waals surface area contributed by atoms with Crippen LogP contribution in [-0.4, -0.2) is 10.2 Å². The van der Waals surface area contributed by atoms with Crippen LogP contribution in [0.2, 0.25) is 0 Å². The Bertz CT molecular complexity index is 1150. The number of thioether (sulfide) groups is 2. The molecule has 3 aliphatic rings. The van der Waals surface area contributed by atoms with E-state index in [4.69, 9.17) is 0 Å². The fourth-order valence-corrected chi connectivity index (χ4v) is 9.21. The minimum absolute atomic E-state index is 0.0504. The summed E-state index contributed by atoms with van der Waals surface area (Å²) in [6, 6.07) is 6.63. The highest BCUT2D eigenvalue weighted by atomic mass is 32.2. The Morgan fingerprint density at radius 3 is 2.16 bits per heavy atom. The van der Waals surface area contributed by atoms with Gasteiger partial charge in [-0.1, -0.05) is 52.0 Å². The third-order valence-electron chi connectivity index (χ3n) is 7.12. The monoisotopic (exact) mass is 448 g/mol. The zero-order valence-corrected chi connectivity index (χ0v) is 20.8. The highest BCUT2D eigenvalue weighted by Crippen LogP contribution is 2.62. The van der Waals surface area contributed by atoms with E-state index in [-0.39, 0.29) is 16.2 Å². The molecule has 162 valence electrons. The van der Waals surface area contributed by atoms with E-state index in [0.717, 1.165) is 23.3 Å². The third-order valence-corrected chi connectivity index (χ3v) is 9.48. The zero-order valence-electron chi connectivity index (χ0n) is 19.2. The number of allylic oxidation sites excluding steroid dienone is 5. The zero-order chi connectivity index (χ0) is 22.0. The molecule has 0 bridgehead atoms. The van der Waals surface area contributed by atoms with Crippen LogP contribution in [0.25, 0.3) is 16.8 Å². The van der Waals surface area contributed by atoms with Gasteiger partial charge in [-0.05, 0) is 83.4 Å². The van der Waals surface area contributed by atoms with Crippen molar-refractivity contribution in [2.75, 3.05) is 5.08 Å². The first-order valence-corrected chi connectivity index (χ1v) is 13.2. The number of rotatable bonds is 2. The summed E-state index contributed by atoms with van der Waals surface area (Å²) in [5, 5.41) is 14.4. The van der Waals surface area contributed by atoms with E-state index >= 15 is 0 Å². The molecule has 1 aliphatic heterocycles. The second-order valence-corrected chi connectivity index (χ2v) is 13.4. The first-order chi connectivity index (χ1) is 14.6. The molecule has 31 heavy (non-hydrogen) atoms. The molecule has 1 nitrogen and oxygen atoms in total. The van der Waals surface area contributed by atoms with Gasteiger partial charge >= 0.3 is 0 Å². The SMILES string of the molecule is C/C=C\C=C/C1=Cc2c(cc(O)c3cc4c(cc23)SCS4)C12CC(C)(C)CC(C)(C)C2. The third kappa shape index (κ3) is 3.49. The van der Waals surface area contributed by atoms with Gasteiger partial charge in [0.05, 0.1) is 0 Å². The van der Waals surface area contributed by atoms with E-state index in [2.05, 4.69) is 83.2 Å². The predicted molar refractivity (Wildman–Crippen MR) is 137 cm³/mol. The van der Waals surface area contributed by atoms with Gasteiger partial charge in [-0.25, -0.2) is 0 Å². The van der Waals surface area contributed by atoms with Crippen molar-refractivity contribution in [1.29, 1.82) is 0 Å². The van der Waals surface area contributed by atoms with Crippen LogP contribution in [0.1, 0.15) is 65.0 Å². The van der Waals surface area contributed by atoms with E-state index in [1.54, 1.807) is 0 Å². The minimum atomic E-state index is -0.0504. The molecule has 2 aliphatic carbocycles. The number of fused-ring (bicyclic) bond motifs is 5. The average Bonchev–Trinajstić information content (AvgIpc) is 3.22. The molecular formula is C28H32OS2. The molecular weight excluding hydrogens is 416 g/mol. The maximum atomic E-state index is 11.2. The topological polar surface area (TPSA) is 20.2 Å². The summed E-state index contributed by atoms with van der Waals surface area (Å²) in [5.74, 6) is 0.432. The Labute approximate surface area is 195 Å². The quantitative estimate of drug-likeness (QED) is 0.464. The van der Waals surface area contributed by atoms with Crippen LogP contribution in [-0.2, 0) is 5.41 Å². The Balaban J connectivity index is 1.79. The van der Waals surface area contributed by atoms with E-state index in [1.807, 2.05) is 23.5 Å². The molecule has 0 atom stereocenters. The van der Waals surface area contributed by atoms with Crippen molar-refractivity contribution in [3.8, 4) is 5.75 Å². The van der Waals surface area contributed by atoms with Crippen molar-refractivity contribution in [3.63, 3.8) is 0 Å². The van der Waals surface area contributed by atoms with Gasteiger partial charge in [0.1, 0.15) is 5.75 Å². The number of hydrogen-bond donors (Lipinski definition) is 1. The van der Waals surface area contributed by atoms with Crippen molar-refractivity contribution in [2.45, 2.75) is 69.1 Å². The van der Waals surface area contributed by atoms with Crippen molar-refractivity contribution in [2.24, 2.45) is 10.8 Å². The number of phenolic OH excluding ortho intramolecular Hbond substituents is 1. The first-order valence-electron chi connectivity index (χ1n) is 11.3. The van der Waals surface area contributed by atoms with Gasteiger partial charge in [0.15, 0.2) is 0 Å². The summed E-state index contributed by atoms with van der Waals surface area (Å²) in [6.07, 6.45) is 14.6. The van der Waals surface area contributed by atoms with Crippen LogP contribution in [0.3, 0.4) is 0 Å². The van der Waals surface area contributed by atoms with Gasteiger partial charge in [0, 0.05) is 25.7 Å².